The van der Waals surface area contributed by atoms with E-state index in [1.165, 1.54) is 0 Å². The molecule has 9 nitrogen and oxygen atoms in total. The fraction of sp³-hybridized carbons (Fsp3) is 0.583. The predicted molar refractivity (Wildman–Crippen MR) is 124 cm³/mol. The largest absolute Gasteiger partial charge is 0.485 e. The first-order chi connectivity index (χ1) is 15.6. The number of nitrogens with one attached hydrogen (secondary N) is 1. The van der Waals surface area contributed by atoms with Crippen LogP contribution in [0.4, 0.5) is 0 Å². The van der Waals surface area contributed by atoms with Gasteiger partial charge in [-0.2, -0.15) is 4.98 Å². The molecular formula is C24H35N5O4. The molecule has 1 aromatic heterocycles. The van der Waals surface area contributed by atoms with Crippen molar-refractivity contribution in [2.24, 2.45) is 11.3 Å². The van der Waals surface area contributed by atoms with E-state index in [4.69, 9.17) is 9.26 Å². The standard InChI is InChI=1S/C24H35N5O4/c1-17-26-21(27-33-17)14-32-20-8-6-19(7-9-20)23(31)29-12-10-18(11-13-29)22(30)25-15-24(2,3)16-28(4)5/h6-9,18H,10-16H2,1-5H3,(H,25,30). The number of carbonyl (C=O) groups excluding carboxylic acids is 2. The van der Waals surface area contributed by atoms with Crippen LogP contribution in [0.5, 0.6) is 5.75 Å². The van der Waals surface area contributed by atoms with Gasteiger partial charge in [-0.1, -0.05) is 19.0 Å². The van der Waals surface area contributed by atoms with Crippen LogP contribution < -0.4 is 10.1 Å². The molecule has 1 saturated heterocycles. The molecule has 1 aliphatic rings. The summed E-state index contributed by atoms with van der Waals surface area (Å²) >= 11 is 0. The summed E-state index contributed by atoms with van der Waals surface area (Å²) in [5.74, 6) is 1.61. The molecule has 0 atom stereocenters. The highest BCUT2D eigenvalue weighted by atomic mass is 16.5. The highest BCUT2D eigenvalue weighted by Gasteiger charge is 2.29. The second-order valence-electron chi connectivity index (χ2n) is 9.73. The van der Waals surface area contributed by atoms with Crippen molar-refractivity contribution in [3.63, 3.8) is 0 Å². The molecule has 0 unspecified atom stereocenters. The number of hydrogen-bond donors (Lipinski definition) is 1. The number of likely N-dealkylation sites (tertiary alicyclic amines) is 1. The number of carbonyl (C=O) groups is 2. The van der Waals surface area contributed by atoms with Crippen molar-refractivity contribution in [1.82, 2.24) is 25.3 Å². The van der Waals surface area contributed by atoms with Crippen LogP contribution in [0, 0.1) is 18.3 Å². The van der Waals surface area contributed by atoms with Gasteiger partial charge in [0, 0.05) is 44.6 Å². The van der Waals surface area contributed by atoms with Crippen LogP contribution in [0.3, 0.4) is 0 Å². The van der Waals surface area contributed by atoms with Gasteiger partial charge in [0.15, 0.2) is 6.61 Å². The van der Waals surface area contributed by atoms with Crippen LogP contribution in [-0.2, 0) is 11.4 Å². The molecule has 2 heterocycles. The summed E-state index contributed by atoms with van der Waals surface area (Å²) in [6, 6.07) is 7.03. The highest BCUT2D eigenvalue weighted by Crippen LogP contribution is 2.22. The minimum Gasteiger partial charge on any atom is -0.485 e. The van der Waals surface area contributed by atoms with Gasteiger partial charge in [-0.15, -0.1) is 0 Å². The van der Waals surface area contributed by atoms with Crippen LogP contribution in [0.15, 0.2) is 28.8 Å². The second kappa shape index (κ2) is 10.8. The first kappa shape index (κ1) is 24.7. The lowest BCUT2D eigenvalue weighted by atomic mass is 9.91. The molecule has 9 heteroatoms. The van der Waals surface area contributed by atoms with Crippen molar-refractivity contribution >= 4 is 11.8 Å². The van der Waals surface area contributed by atoms with Gasteiger partial charge in [0.2, 0.25) is 17.6 Å². The first-order valence-corrected chi connectivity index (χ1v) is 11.4. The number of aromatic nitrogens is 2. The Morgan fingerprint density at radius 2 is 1.88 bits per heavy atom. The molecule has 3 rings (SSSR count). The zero-order valence-electron chi connectivity index (χ0n) is 20.3. The first-order valence-electron chi connectivity index (χ1n) is 11.4. The summed E-state index contributed by atoms with van der Waals surface area (Å²) in [5.41, 5.74) is 0.613. The van der Waals surface area contributed by atoms with Crippen molar-refractivity contribution in [2.45, 2.75) is 40.2 Å². The molecule has 0 saturated carbocycles. The molecule has 1 fully saturated rings. The quantitative estimate of drug-likeness (QED) is 0.617. The van der Waals surface area contributed by atoms with Crippen molar-refractivity contribution < 1.29 is 18.8 Å². The minimum absolute atomic E-state index is 0.0101. The van der Waals surface area contributed by atoms with Gasteiger partial charge in [0.1, 0.15) is 5.75 Å². The van der Waals surface area contributed by atoms with Crippen LogP contribution >= 0.6 is 0 Å². The monoisotopic (exact) mass is 457 g/mol. The van der Waals surface area contributed by atoms with Gasteiger partial charge in [0.25, 0.3) is 5.91 Å². The number of amides is 2. The summed E-state index contributed by atoms with van der Waals surface area (Å²) in [6.07, 6.45) is 1.36. The molecule has 33 heavy (non-hydrogen) atoms. The smallest absolute Gasteiger partial charge is 0.253 e. The summed E-state index contributed by atoms with van der Waals surface area (Å²) in [4.78, 5) is 33.5. The fourth-order valence-electron chi connectivity index (χ4n) is 4.15. The maximum atomic E-state index is 12.9. The van der Waals surface area contributed by atoms with E-state index in [1.807, 2.05) is 19.0 Å². The molecule has 1 aliphatic heterocycles. The van der Waals surface area contributed by atoms with Crippen molar-refractivity contribution in [2.75, 3.05) is 40.3 Å². The minimum atomic E-state index is -0.0474. The highest BCUT2D eigenvalue weighted by molar-refractivity contribution is 5.94. The molecular weight excluding hydrogens is 422 g/mol. The van der Waals surface area contributed by atoms with E-state index < -0.39 is 0 Å². The average Bonchev–Trinajstić information content (AvgIpc) is 3.20. The van der Waals surface area contributed by atoms with Crippen LogP contribution in [0.1, 0.15) is 48.8 Å². The number of benzene rings is 1. The third-order valence-electron chi connectivity index (χ3n) is 5.68. The lowest BCUT2D eigenvalue weighted by molar-refractivity contribution is -0.126. The topological polar surface area (TPSA) is 101 Å². The lowest BCUT2D eigenvalue weighted by Gasteiger charge is -2.33. The van der Waals surface area contributed by atoms with Gasteiger partial charge in [0.05, 0.1) is 0 Å². The van der Waals surface area contributed by atoms with E-state index in [0.29, 0.717) is 55.5 Å². The van der Waals surface area contributed by atoms with Gasteiger partial charge < -0.3 is 24.4 Å². The number of ether oxygens (including phenoxy) is 1. The van der Waals surface area contributed by atoms with Gasteiger partial charge in [-0.25, -0.2) is 0 Å². The molecule has 1 N–H and O–H groups in total. The third-order valence-corrected chi connectivity index (χ3v) is 5.68. The van der Waals surface area contributed by atoms with Crippen molar-refractivity contribution in [3.8, 4) is 5.75 Å². The van der Waals surface area contributed by atoms with Crippen LogP contribution in [-0.4, -0.2) is 72.0 Å². The number of rotatable bonds is 9. The van der Waals surface area contributed by atoms with Gasteiger partial charge >= 0.3 is 0 Å². The van der Waals surface area contributed by atoms with Gasteiger partial charge in [-0.3, -0.25) is 9.59 Å². The maximum Gasteiger partial charge on any atom is 0.253 e. The second-order valence-corrected chi connectivity index (χ2v) is 9.73. The molecule has 0 aliphatic carbocycles. The number of piperidine rings is 1. The van der Waals surface area contributed by atoms with Crippen LogP contribution in [0.25, 0.3) is 0 Å². The molecule has 0 bridgehead atoms. The Labute approximate surface area is 195 Å². The average molecular weight is 458 g/mol. The van der Waals surface area contributed by atoms with E-state index in [2.05, 4.69) is 34.2 Å². The zero-order valence-corrected chi connectivity index (χ0v) is 20.3. The number of aryl methyl sites for hydroxylation is 1. The SMILES string of the molecule is Cc1nc(COc2ccc(C(=O)N3CCC(C(=O)NCC(C)(C)CN(C)C)CC3)cc2)no1. The lowest BCUT2D eigenvalue weighted by Crippen LogP contribution is -2.46. The Morgan fingerprint density at radius 1 is 1.21 bits per heavy atom. The van der Waals surface area contributed by atoms with E-state index in [9.17, 15) is 9.59 Å². The Balaban J connectivity index is 1.44. The fourth-order valence-corrected chi connectivity index (χ4v) is 4.15. The van der Waals surface area contributed by atoms with Gasteiger partial charge in [-0.05, 0) is 56.6 Å². The maximum absolute atomic E-state index is 12.9. The molecule has 2 aromatic rings. The summed E-state index contributed by atoms with van der Waals surface area (Å²) in [5, 5.41) is 6.90. The zero-order chi connectivity index (χ0) is 24.0. The summed E-state index contributed by atoms with van der Waals surface area (Å²) in [7, 11) is 4.07. The predicted octanol–water partition coefficient (Wildman–Crippen LogP) is 2.51. The normalized spacial score (nSPS) is 15.0. The molecule has 180 valence electrons. The van der Waals surface area contributed by atoms with E-state index in [1.54, 1.807) is 31.2 Å². The molecule has 0 radical (unpaired) electrons. The molecule has 1 aromatic carbocycles. The molecule has 2 amide bonds. The summed E-state index contributed by atoms with van der Waals surface area (Å²) < 4.78 is 10.6. The Hall–Kier alpha value is -2.94. The molecule has 0 spiro atoms. The van der Waals surface area contributed by atoms with Crippen molar-refractivity contribution in [1.29, 1.82) is 0 Å². The number of hydrogen-bond acceptors (Lipinski definition) is 7. The van der Waals surface area contributed by atoms with E-state index in [-0.39, 0.29) is 29.8 Å². The van der Waals surface area contributed by atoms with Crippen LogP contribution in [0.2, 0.25) is 0 Å². The number of nitrogens with zero attached hydrogens (tertiary/aromatic N) is 4. The van der Waals surface area contributed by atoms with Crippen molar-refractivity contribution in [3.05, 3.63) is 41.5 Å². The van der Waals surface area contributed by atoms with E-state index >= 15 is 0 Å². The van der Waals surface area contributed by atoms with E-state index in [0.717, 1.165) is 6.54 Å². The third kappa shape index (κ3) is 7.28. The Bertz CT molecular complexity index is 931. The summed E-state index contributed by atoms with van der Waals surface area (Å²) in [6.45, 7) is 8.92. The Kier molecular flexibility index (Phi) is 8.07. The Morgan fingerprint density at radius 3 is 2.45 bits per heavy atom.